The fraction of sp³-hybridized carbons (Fsp3) is 0.556. The summed E-state index contributed by atoms with van der Waals surface area (Å²) in [6, 6.07) is 4.98. The molecule has 1 aromatic heterocycles. The van der Waals surface area contributed by atoms with Gasteiger partial charge in [0.2, 0.25) is 0 Å². The first-order chi connectivity index (χ1) is 16.9. The number of carbonyl (C=O) groups is 1. The van der Waals surface area contributed by atoms with Gasteiger partial charge in [-0.15, -0.1) is 0 Å². The molecule has 0 saturated carbocycles. The topological polar surface area (TPSA) is 75.1 Å². The van der Waals surface area contributed by atoms with Crippen molar-refractivity contribution in [3.63, 3.8) is 0 Å². The molecule has 0 fully saturated rings. The third-order valence-electron chi connectivity index (χ3n) is 7.22. The molecule has 6 nitrogen and oxygen atoms in total. The lowest BCUT2D eigenvalue weighted by atomic mass is 9.88. The van der Waals surface area contributed by atoms with Crippen molar-refractivity contribution in [2.45, 2.75) is 76.4 Å². The number of hydrogen-bond donors (Lipinski definition) is 1. The van der Waals surface area contributed by atoms with Crippen LogP contribution in [0.1, 0.15) is 80.7 Å². The fourth-order valence-corrected chi connectivity index (χ4v) is 5.17. The van der Waals surface area contributed by atoms with Gasteiger partial charge in [-0.3, -0.25) is 0 Å². The van der Waals surface area contributed by atoms with Crippen LogP contribution in [0, 0.1) is 0 Å². The van der Waals surface area contributed by atoms with E-state index in [0.29, 0.717) is 50.4 Å². The third-order valence-corrected chi connectivity index (χ3v) is 7.22. The first-order valence-corrected chi connectivity index (χ1v) is 12.6. The van der Waals surface area contributed by atoms with Crippen LogP contribution in [0.15, 0.2) is 30.6 Å². The molecule has 2 N–H and O–H groups in total. The summed E-state index contributed by atoms with van der Waals surface area (Å²) >= 11 is 0. The Balaban J connectivity index is 1.53. The summed E-state index contributed by atoms with van der Waals surface area (Å²) in [5.74, 6) is 0.732. The van der Waals surface area contributed by atoms with Crippen molar-refractivity contribution in [3.8, 4) is 0 Å². The van der Waals surface area contributed by atoms with Crippen LogP contribution >= 0.6 is 0 Å². The van der Waals surface area contributed by atoms with E-state index in [1.165, 1.54) is 17.7 Å². The number of benzene rings is 1. The van der Waals surface area contributed by atoms with Crippen molar-refractivity contribution < 1.29 is 22.5 Å². The maximum Gasteiger partial charge on any atom is 0.416 e. The average Bonchev–Trinajstić information content (AvgIpc) is 3.21. The van der Waals surface area contributed by atoms with Crippen LogP contribution in [-0.2, 0) is 17.4 Å². The molecule has 194 valence electrons. The predicted molar refractivity (Wildman–Crippen MR) is 133 cm³/mol. The molecule has 36 heavy (non-hydrogen) atoms. The predicted octanol–water partition coefficient (Wildman–Crippen LogP) is 4.67. The van der Waals surface area contributed by atoms with E-state index < -0.39 is 17.7 Å². The van der Waals surface area contributed by atoms with Gasteiger partial charge in [-0.1, -0.05) is 25.5 Å². The van der Waals surface area contributed by atoms with Crippen LogP contribution in [0.2, 0.25) is 0 Å². The summed E-state index contributed by atoms with van der Waals surface area (Å²) in [7, 11) is 0. The second-order valence-electron chi connectivity index (χ2n) is 10.7. The van der Waals surface area contributed by atoms with E-state index >= 15 is 0 Å². The average molecular weight is 503 g/mol. The van der Waals surface area contributed by atoms with E-state index in [-0.39, 0.29) is 11.4 Å². The molecule has 0 bridgehead atoms. The second-order valence-corrected chi connectivity index (χ2v) is 10.7. The Hall–Kier alpha value is -2.81. The van der Waals surface area contributed by atoms with Gasteiger partial charge in [-0.2, -0.15) is 17.7 Å². The van der Waals surface area contributed by atoms with Crippen molar-refractivity contribution in [3.05, 3.63) is 53.0 Å². The first kappa shape index (κ1) is 26.3. The SMILES string of the molecule is CC1CCc2ncnc(N3CC=[N+](C(=O)C(CCCC(C)(C)N)c4ccc(C(F)(F)F)cc4)CC3)c21. The highest BCUT2D eigenvalue weighted by molar-refractivity contribution is 5.81. The van der Waals surface area contributed by atoms with E-state index in [1.807, 2.05) is 20.1 Å². The van der Waals surface area contributed by atoms with Gasteiger partial charge in [0, 0.05) is 16.8 Å². The number of hydrogen-bond acceptors (Lipinski definition) is 5. The van der Waals surface area contributed by atoms with E-state index in [4.69, 9.17) is 5.73 Å². The number of fused-ring (bicyclic) bond motifs is 1. The van der Waals surface area contributed by atoms with Gasteiger partial charge < -0.3 is 10.6 Å². The van der Waals surface area contributed by atoms with Crippen LogP contribution in [0.25, 0.3) is 0 Å². The maximum atomic E-state index is 13.6. The lowest BCUT2D eigenvalue weighted by Crippen LogP contribution is -2.44. The number of rotatable bonds is 7. The van der Waals surface area contributed by atoms with Crippen molar-refractivity contribution in [2.24, 2.45) is 5.73 Å². The van der Waals surface area contributed by atoms with Gasteiger partial charge in [0.05, 0.1) is 18.7 Å². The minimum atomic E-state index is -4.41. The normalized spacial score (nSPS) is 19.1. The van der Waals surface area contributed by atoms with E-state index in [0.717, 1.165) is 36.5 Å². The van der Waals surface area contributed by atoms with E-state index in [1.54, 1.807) is 10.9 Å². The standard InChI is InChI=1S/C27H35F3N5O/c1-18-6-11-22-23(18)24(33-17-32-22)34-13-15-35(16-14-34)25(36)21(5-4-12-26(2,3)31)19-7-9-20(10-8-19)27(28,29)30/h7-10,15,17-18,21H,4-6,11-14,16,31H2,1-3H3/q+1. The molecule has 0 saturated heterocycles. The van der Waals surface area contributed by atoms with Gasteiger partial charge in [0.1, 0.15) is 18.1 Å². The summed E-state index contributed by atoms with van der Waals surface area (Å²) in [4.78, 5) is 24.8. The summed E-state index contributed by atoms with van der Waals surface area (Å²) in [5, 5.41) is 0. The van der Waals surface area contributed by atoms with Crippen molar-refractivity contribution >= 4 is 17.9 Å². The quantitative estimate of drug-likeness (QED) is 0.557. The van der Waals surface area contributed by atoms with Crippen molar-refractivity contribution in [1.29, 1.82) is 0 Å². The Kier molecular flexibility index (Phi) is 7.50. The Bertz CT molecular complexity index is 1120. The first-order valence-electron chi connectivity index (χ1n) is 12.6. The van der Waals surface area contributed by atoms with E-state index in [2.05, 4.69) is 21.8 Å². The van der Waals surface area contributed by atoms with Crippen molar-refractivity contribution in [1.82, 2.24) is 9.97 Å². The Morgan fingerprint density at radius 1 is 1.22 bits per heavy atom. The van der Waals surface area contributed by atoms with Gasteiger partial charge in [0.25, 0.3) is 0 Å². The number of aromatic nitrogens is 2. The van der Waals surface area contributed by atoms with E-state index in [9.17, 15) is 18.0 Å². The van der Waals surface area contributed by atoms with Crippen molar-refractivity contribution in [2.75, 3.05) is 24.5 Å². The molecule has 1 amide bonds. The summed E-state index contributed by atoms with van der Waals surface area (Å²) < 4.78 is 41.0. The lowest BCUT2D eigenvalue weighted by molar-refractivity contribution is -0.447. The summed E-state index contributed by atoms with van der Waals surface area (Å²) in [5.41, 5.74) is 7.95. The molecule has 4 rings (SSSR count). The number of halogens is 3. The number of aryl methyl sites for hydroxylation is 1. The number of nitrogens with zero attached hydrogens (tertiary/aromatic N) is 4. The Morgan fingerprint density at radius 3 is 2.56 bits per heavy atom. The molecule has 2 aromatic rings. The Morgan fingerprint density at radius 2 is 1.94 bits per heavy atom. The highest BCUT2D eigenvalue weighted by atomic mass is 19.4. The van der Waals surface area contributed by atoms with Gasteiger partial charge in [-0.25, -0.2) is 14.8 Å². The van der Waals surface area contributed by atoms with Crippen LogP contribution in [-0.4, -0.2) is 51.8 Å². The zero-order valence-corrected chi connectivity index (χ0v) is 21.2. The number of alkyl halides is 3. The molecule has 9 heteroatoms. The highest BCUT2D eigenvalue weighted by Crippen LogP contribution is 2.37. The minimum absolute atomic E-state index is 0.0921. The molecule has 1 aliphatic carbocycles. The third kappa shape index (κ3) is 5.94. The molecule has 1 aliphatic heterocycles. The molecule has 0 spiro atoms. The zero-order valence-electron chi connectivity index (χ0n) is 21.2. The second kappa shape index (κ2) is 10.3. The number of anilines is 1. The minimum Gasteiger partial charge on any atom is -0.340 e. The number of nitrogens with two attached hydrogens (primary N) is 1. The molecule has 2 heterocycles. The van der Waals surface area contributed by atoms with Crippen LogP contribution in [0.4, 0.5) is 19.0 Å². The molecule has 2 atom stereocenters. The van der Waals surface area contributed by atoms with Gasteiger partial charge >= 0.3 is 12.1 Å². The summed E-state index contributed by atoms with van der Waals surface area (Å²) in [6.45, 7) is 7.72. The van der Waals surface area contributed by atoms with Crippen LogP contribution < -0.4 is 10.6 Å². The largest absolute Gasteiger partial charge is 0.416 e. The number of amides is 1. The highest BCUT2D eigenvalue weighted by Gasteiger charge is 2.36. The molecular formula is C27H35F3N5O+. The monoisotopic (exact) mass is 502 g/mol. The molecule has 2 unspecified atom stereocenters. The van der Waals surface area contributed by atoms with Crippen LogP contribution in [0.5, 0.6) is 0 Å². The maximum absolute atomic E-state index is 13.6. The summed E-state index contributed by atoms with van der Waals surface area (Å²) in [6.07, 6.45) is 3.05. The zero-order chi connectivity index (χ0) is 26.1. The smallest absolute Gasteiger partial charge is 0.340 e. The fourth-order valence-electron chi connectivity index (χ4n) is 5.17. The van der Waals surface area contributed by atoms with Gasteiger partial charge in [-0.05, 0) is 63.1 Å². The molecule has 0 radical (unpaired) electrons. The molecule has 2 aliphatic rings. The molecular weight excluding hydrogens is 467 g/mol. The molecule has 1 aromatic carbocycles. The Labute approximate surface area is 210 Å². The number of carbonyl (C=O) groups excluding carboxylic acids is 1. The lowest BCUT2D eigenvalue weighted by Gasteiger charge is -2.27. The van der Waals surface area contributed by atoms with Crippen LogP contribution in [0.3, 0.4) is 0 Å². The van der Waals surface area contributed by atoms with Gasteiger partial charge in [0.15, 0.2) is 12.8 Å².